The van der Waals surface area contributed by atoms with Gasteiger partial charge in [-0.1, -0.05) is 11.6 Å². The highest BCUT2D eigenvalue weighted by Gasteiger charge is 2.38. The van der Waals surface area contributed by atoms with Gasteiger partial charge in [-0.3, -0.25) is 5.10 Å². The SMILES string of the molecule is COc1cc(Nc2nc(N[C@@H](C)c3ncc(F)cn3)nc(N3CCOCC3)c2Cl)[nH]n1.O=C(O)C(F)(F)F. The summed E-state index contributed by atoms with van der Waals surface area (Å²) in [6, 6.07) is 1.30. The van der Waals surface area contributed by atoms with Crippen molar-refractivity contribution < 1.29 is 36.9 Å². The average Bonchev–Trinajstić information content (AvgIpc) is 3.34. The van der Waals surface area contributed by atoms with Crippen LogP contribution in [-0.2, 0) is 9.53 Å². The second kappa shape index (κ2) is 12.5. The molecule has 1 aliphatic heterocycles. The fourth-order valence-corrected chi connectivity index (χ4v) is 3.22. The molecule has 18 heteroatoms. The molecule has 0 spiro atoms. The smallest absolute Gasteiger partial charge is 0.480 e. The number of nitrogens with one attached hydrogen (secondary N) is 3. The third-order valence-electron chi connectivity index (χ3n) is 4.78. The van der Waals surface area contributed by atoms with Gasteiger partial charge in [-0.15, -0.1) is 5.10 Å². The highest BCUT2D eigenvalue weighted by atomic mass is 35.5. The molecule has 4 heterocycles. The second-order valence-corrected chi connectivity index (χ2v) is 7.89. The van der Waals surface area contributed by atoms with Gasteiger partial charge in [-0.2, -0.15) is 23.1 Å². The van der Waals surface area contributed by atoms with Crippen LogP contribution in [0.2, 0.25) is 5.02 Å². The van der Waals surface area contributed by atoms with Crippen LogP contribution >= 0.6 is 11.6 Å². The predicted molar refractivity (Wildman–Crippen MR) is 126 cm³/mol. The average molecular weight is 564 g/mol. The normalized spacial score (nSPS) is 14.2. The molecule has 1 saturated heterocycles. The number of rotatable bonds is 7. The summed E-state index contributed by atoms with van der Waals surface area (Å²) in [5, 5.41) is 20.5. The molecule has 0 aliphatic carbocycles. The first-order valence-electron chi connectivity index (χ1n) is 10.8. The van der Waals surface area contributed by atoms with E-state index in [0.29, 0.717) is 66.4 Å². The van der Waals surface area contributed by atoms with Crippen LogP contribution in [0.5, 0.6) is 5.88 Å². The van der Waals surface area contributed by atoms with E-state index in [2.05, 4.69) is 40.8 Å². The maximum Gasteiger partial charge on any atom is 0.490 e. The summed E-state index contributed by atoms with van der Waals surface area (Å²) in [4.78, 5) is 28.0. The molecular formula is C20H22ClF4N9O4. The molecule has 0 saturated carbocycles. The summed E-state index contributed by atoms with van der Waals surface area (Å²) in [6.45, 7) is 4.26. The van der Waals surface area contributed by atoms with E-state index in [0.717, 1.165) is 12.4 Å². The van der Waals surface area contributed by atoms with Crippen LogP contribution in [-0.4, -0.2) is 80.8 Å². The lowest BCUT2D eigenvalue weighted by Gasteiger charge is -2.29. The second-order valence-electron chi connectivity index (χ2n) is 7.51. The lowest BCUT2D eigenvalue weighted by molar-refractivity contribution is -0.192. The Balaban J connectivity index is 0.000000505. The van der Waals surface area contributed by atoms with Crippen molar-refractivity contribution in [3.63, 3.8) is 0 Å². The fraction of sp³-hybridized carbons (Fsp3) is 0.400. The number of carboxylic acids is 1. The molecule has 206 valence electrons. The van der Waals surface area contributed by atoms with Gasteiger partial charge in [0.1, 0.15) is 16.7 Å². The molecule has 0 bridgehead atoms. The van der Waals surface area contributed by atoms with E-state index in [9.17, 15) is 17.6 Å². The summed E-state index contributed by atoms with van der Waals surface area (Å²) in [5.41, 5.74) is 0. The molecular weight excluding hydrogens is 542 g/mol. The maximum absolute atomic E-state index is 13.1. The van der Waals surface area contributed by atoms with E-state index in [1.54, 1.807) is 6.07 Å². The monoisotopic (exact) mass is 563 g/mol. The minimum absolute atomic E-state index is 0.306. The van der Waals surface area contributed by atoms with E-state index in [1.807, 2.05) is 11.8 Å². The van der Waals surface area contributed by atoms with Gasteiger partial charge in [0.15, 0.2) is 17.5 Å². The van der Waals surface area contributed by atoms with Crippen molar-refractivity contribution in [2.45, 2.75) is 19.1 Å². The van der Waals surface area contributed by atoms with Crippen molar-refractivity contribution >= 4 is 41.0 Å². The number of halogens is 5. The number of morpholine rings is 1. The van der Waals surface area contributed by atoms with Crippen LogP contribution in [0.15, 0.2) is 18.5 Å². The van der Waals surface area contributed by atoms with Crippen molar-refractivity contribution in [2.24, 2.45) is 0 Å². The van der Waals surface area contributed by atoms with Crippen LogP contribution in [0.4, 0.5) is 41.0 Å². The van der Waals surface area contributed by atoms with Crippen LogP contribution < -0.4 is 20.3 Å². The first-order valence-corrected chi connectivity index (χ1v) is 11.2. The minimum atomic E-state index is -5.08. The molecule has 0 unspecified atom stereocenters. The van der Waals surface area contributed by atoms with Gasteiger partial charge in [-0.25, -0.2) is 19.2 Å². The zero-order valence-corrected chi connectivity index (χ0v) is 20.6. The largest absolute Gasteiger partial charge is 0.490 e. The summed E-state index contributed by atoms with van der Waals surface area (Å²) in [7, 11) is 1.52. The van der Waals surface area contributed by atoms with E-state index in [1.165, 1.54) is 7.11 Å². The Kier molecular flexibility index (Phi) is 9.40. The lowest BCUT2D eigenvalue weighted by atomic mass is 10.3. The number of alkyl halides is 3. The number of H-pyrrole nitrogens is 1. The number of aromatic nitrogens is 6. The number of ether oxygens (including phenoxy) is 2. The number of hydrogen-bond acceptors (Lipinski definition) is 11. The number of methoxy groups -OCH3 is 1. The predicted octanol–water partition coefficient (Wildman–Crippen LogP) is 3.18. The summed E-state index contributed by atoms with van der Waals surface area (Å²) >= 11 is 6.65. The van der Waals surface area contributed by atoms with Gasteiger partial charge in [0.25, 0.3) is 0 Å². The number of aliphatic carboxylic acids is 1. The molecule has 4 rings (SSSR count). The molecule has 4 N–H and O–H groups in total. The number of nitrogens with zero attached hydrogens (tertiary/aromatic N) is 6. The molecule has 0 amide bonds. The number of carbonyl (C=O) groups is 1. The first-order chi connectivity index (χ1) is 18.0. The molecule has 3 aromatic heterocycles. The molecule has 13 nitrogen and oxygen atoms in total. The zero-order valence-electron chi connectivity index (χ0n) is 19.9. The molecule has 0 aromatic carbocycles. The van der Waals surface area contributed by atoms with Gasteiger partial charge in [-0.05, 0) is 6.92 Å². The summed E-state index contributed by atoms with van der Waals surface area (Å²) in [5.74, 6) is -0.654. The van der Waals surface area contributed by atoms with E-state index in [-0.39, 0.29) is 6.04 Å². The van der Waals surface area contributed by atoms with Crippen molar-refractivity contribution in [3.05, 3.63) is 35.1 Å². The van der Waals surface area contributed by atoms with E-state index < -0.39 is 18.0 Å². The Labute approximate surface area is 217 Å². The number of hydrogen-bond donors (Lipinski definition) is 4. The minimum Gasteiger partial charge on any atom is -0.480 e. The van der Waals surface area contributed by atoms with Crippen molar-refractivity contribution in [1.82, 2.24) is 30.1 Å². The third-order valence-corrected chi connectivity index (χ3v) is 5.12. The summed E-state index contributed by atoms with van der Waals surface area (Å²) in [6.07, 6.45) is -2.86. The third kappa shape index (κ3) is 7.75. The van der Waals surface area contributed by atoms with Gasteiger partial charge >= 0.3 is 12.1 Å². The molecule has 0 radical (unpaired) electrons. The van der Waals surface area contributed by atoms with Crippen molar-refractivity contribution in [1.29, 1.82) is 0 Å². The number of anilines is 4. The number of carboxylic acid groups (broad SMARTS) is 1. The highest BCUT2D eigenvalue weighted by molar-refractivity contribution is 6.35. The standard InChI is InChI=1S/C18H21ClFN9O2.C2HF3O2/c1-10(15-21-8-11(20)9-22-15)23-18-25-16(24-12-7-13(30-2)28-27-12)14(19)17(26-18)29-3-5-31-6-4-29;3-2(4,5)1(6)7/h7-10H,3-6H2,1-2H3,(H3,23,24,25,26,27,28);(H,6,7)/t10-;/m0./s1. The first kappa shape index (κ1) is 28.6. The van der Waals surface area contributed by atoms with Gasteiger partial charge in [0, 0.05) is 19.2 Å². The topological polar surface area (TPSA) is 163 Å². The Morgan fingerprint density at radius 2 is 1.89 bits per heavy atom. The van der Waals surface area contributed by atoms with E-state index >= 15 is 0 Å². The van der Waals surface area contributed by atoms with E-state index in [4.69, 9.17) is 31.0 Å². The maximum atomic E-state index is 13.1. The quantitative estimate of drug-likeness (QED) is 0.311. The zero-order chi connectivity index (χ0) is 27.9. The molecule has 1 atom stereocenters. The van der Waals surface area contributed by atoms with Crippen LogP contribution in [0.25, 0.3) is 0 Å². The molecule has 3 aromatic rings. The van der Waals surface area contributed by atoms with Crippen molar-refractivity contribution in [2.75, 3.05) is 48.9 Å². The van der Waals surface area contributed by atoms with Gasteiger partial charge in [0.05, 0.1) is 38.8 Å². The molecule has 38 heavy (non-hydrogen) atoms. The highest BCUT2D eigenvalue weighted by Crippen LogP contribution is 2.34. The molecule has 1 fully saturated rings. The molecule has 1 aliphatic rings. The van der Waals surface area contributed by atoms with Crippen molar-refractivity contribution in [3.8, 4) is 5.88 Å². The Morgan fingerprint density at radius 3 is 2.45 bits per heavy atom. The number of aromatic amines is 1. The Hall–Kier alpha value is -3.99. The van der Waals surface area contributed by atoms with Gasteiger partial charge in [0.2, 0.25) is 11.8 Å². The van der Waals surface area contributed by atoms with Crippen LogP contribution in [0.1, 0.15) is 18.8 Å². The lowest BCUT2D eigenvalue weighted by Crippen LogP contribution is -2.37. The fourth-order valence-electron chi connectivity index (χ4n) is 2.97. The van der Waals surface area contributed by atoms with Crippen LogP contribution in [0, 0.1) is 5.82 Å². The summed E-state index contributed by atoms with van der Waals surface area (Å²) < 4.78 is 55.4. The Morgan fingerprint density at radius 1 is 1.26 bits per heavy atom. The van der Waals surface area contributed by atoms with Gasteiger partial charge < -0.3 is 30.1 Å². The Bertz CT molecular complexity index is 1220. The van der Waals surface area contributed by atoms with Crippen LogP contribution in [0.3, 0.4) is 0 Å².